The number of anilines is 1. The summed E-state index contributed by atoms with van der Waals surface area (Å²) < 4.78 is 52.6. The van der Waals surface area contributed by atoms with Gasteiger partial charge in [0.15, 0.2) is 28.4 Å². The van der Waals surface area contributed by atoms with E-state index in [1.807, 2.05) is 13.8 Å². The topological polar surface area (TPSA) is 24.1 Å². The molecule has 0 amide bonds. The van der Waals surface area contributed by atoms with Crippen molar-refractivity contribution in [3.05, 3.63) is 27.7 Å². The van der Waals surface area contributed by atoms with Gasteiger partial charge in [-0.1, -0.05) is 13.8 Å². The molecule has 1 aromatic rings. The third-order valence-electron chi connectivity index (χ3n) is 2.12. The van der Waals surface area contributed by atoms with E-state index < -0.39 is 33.4 Å². The number of hydrogen-bond donors (Lipinski definition) is 2. The summed E-state index contributed by atoms with van der Waals surface area (Å²) >= 11 is 7.21. The summed E-state index contributed by atoms with van der Waals surface area (Å²) in [4.78, 5) is 0. The maximum atomic E-state index is 13.5. The van der Waals surface area contributed by atoms with Gasteiger partial charge in [-0.2, -0.15) is 0 Å². The van der Waals surface area contributed by atoms with Crippen molar-refractivity contribution in [1.29, 1.82) is 0 Å². The molecular weight excluding hydrogens is 348 g/mol. The van der Waals surface area contributed by atoms with Gasteiger partial charge in [-0.15, -0.1) is 0 Å². The van der Waals surface area contributed by atoms with Crippen molar-refractivity contribution >= 4 is 38.9 Å². The van der Waals surface area contributed by atoms with Crippen LogP contribution < -0.4 is 10.6 Å². The van der Waals surface area contributed by atoms with E-state index >= 15 is 0 Å². The van der Waals surface area contributed by atoms with E-state index in [2.05, 4.69) is 26.6 Å². The van der Waals surface area contributed by atoms with Gasteiger partial charge in [-0.25, -0.2) is 17.6 Å². The molecule has 0 fully saturated rings. The molecule has 0 saturated heterocycles. The van der Waals surface area contributed by atoms with E-state index in [-0.39, 0.29) is 11.0 Å². The normalized spacial score (nSPS) is 10.7. The molecule has 1 aromatic carbocycles. The largest absolute Gasteiger partial charge is 0.362 e. The highest BCUT2D eigenvalue weighted by molar-refractivity contribution is 9.10. The van der Waals surface area contributed by atoms with E-state index in [0.29, 0.717) is 6.54 Å². The minimum absolute atomic E-state index is 0.118. The third-order valence-corrected chi connectivity index (χ3v) is 3.06. The lowest BCUT2D eigenvalue weighted by molar-refractivity contribution is 0.452. The highest BCUT2D eigenvalue weighted by Gasteiger charge is 2.24. The van der Waals surface area contributed by atoms with Crippen LogP contribution in [0.1, 0.15) is 13.8 Å². The van der Waals surface area contributed by atoms with E-state index in [1.54, 1.807) is 0 Å². The van der Waals surface area contributed by atoms with Gasteiger partial charge in [0.05, 0.1) is 4.47 Å². The molecule has 0 bridgehead atoms. The Morgan fingerprint density at radius 3 is 2.00 bits per heavy atom. The van der Waals surface area contributed by atoms with Crippen LogP contribution in [0.25, 0.3) is 0 Å². The van der Waals surface area contributed by atoms with Crippen LogP contribution in [0.15, 0.2) is 4.47 Å². The second kappa shape index (κ2) is 6.51. The fraction of sp³-hybridized carbons (Fsp3) is 0.364. The van der Waals surface area contributed by atoms with E-state index in [0.717, 1.165) is 0 Å². The predicted octanol–water partition coefficient (Wildman–Crippen LogP) is 3.95. The summed E-state index contributed by atoms with van der Waals surface area (Å²) in [5.74, 6) is -5.88. The first-order valence-electron chi connectivity index (χ1n) is 5.32. The van der Waals surface area contributed by atoms with Crippen LogP contribution in [0.2, 0.25) is 0 Å². The number of rotatable bonds is 3. The first-order chi connectivity index (χ1) is 8.75. The lowest BCUT2D eigenvalue weighted by Gasteiger charge is -2.14. The Morgan fingerprint density at radius 2 is 1.58 bits per heavy atom. The van der Waals surface area contributed by atoms with Crippen LogP contribution >= 0.6 is 28.1 Å². The molecule has 0 saturated carbocycles. The molecule has 0 radical (unpaired) electrons. The smallest absolute Gasteiger partial charge is 0.186 e. The molecule has 2 nitrogen and oxygen atoms in total. The first-order valence-corrected chi connectivity index (χ1v) is 6.52. The molecule has 0 spiro atoms. The van der Waals surface area contributed by atoms with Gasteiger partial charge in [0.25, 0.3) is 0 Å². The van der Waals surface area contributed by atoms with Crippen LogP contribution in [0.4, 0.5) is 23.2 Å². The molecule has 0 aliphatic carbocycles. The highest BCUT2D eigenvalue weighted by atomic mass is 79.9. The predicted molar refractivity (Wildman–Crippen MR) is 73.0 cm³/mol. The van der Waals surface area contributed by atoms with Crippen LogP contribution in [0.3, 0.4) is 0 Å². The summed E-state index contributed by atoms with van der Waals surface area (Å²) in [7, 11) is 0. The maximum Gasteiger partial charge on any atom is 0.186 e. The van der Waals surface area contributed by atoms with Crippen LogP contribution in [-0.4, -0.2) is 11.7 Å². The van der Waals surface area contributed by atoms with Crippen molar-refractivity contribution in [1.82, 2.24) is 5.32 Å². The SMILES string of the molecule is CC(C)CNC(=S)Nc1c(F)c(F)c(Br)c(F)c1F. The molecule has 0 heterocycles. The Hall–Kier alpha value is -0.890. The summed E-state index contributed by atoms with van der Waals surface area (Å²) in [5.41, 5.74) is -0.959. The summed E-state index contributed by atoms with van der Waals surface area (Å²) in [6.07, 6.45) is 0. The quantitative estimate of drug-likeness (QED) is 0.370. The monoisotopic (exact) mass is 358 g/mol. The van der Waals surface area contributed by atoms with Gasteiger partial charge in [0.2, 0.25) is 0 Å². The summed E-state index contributed by atoms with van der Waals surface area (Å²) in [6, 6.07) is 0. The standard InChI is InChI=1S/C11H11BrF4N2S/c1-4(2)3-17-11(19)18-10-8(15)6(13)5(12)7(14)9(10)16/h4H,3H2,1-2H3,(H2,17,18,19). The van der Waals surface area contributed by atoms with E-state index in [4.69, 9.17) is 12.2 Å². The first kappa shape index (κ1) is 16.2. The maximum absolute atomic E-state index is 13.5. The summed E-state index contributed by atoms with van der Waals surface area (Å²) in [5, 5.41) is 4.66. The number of halogens is 5. The van der Waals surface area contributed by atoms with Crippen molar-refractivity contribution < 1.29 is 17.6 Å². The minimum Gasteiger partial charge on any atom is -0.362 e. The van der Waals surface area contributed by atoms with Gasteiger partial charge in [-0.3, -0.25) is 0 Å². The molecule has 19 heavy (non-hydrogen) atoms. The Labute approximate surface area is 121 Å². The van der Waals surface area contributed by atoms with Crippen molar-refractivity contribution in [3.8, 4) is 0 Å². The molecule has 0 atom stereocenters. The molecule has 0 unspecified atom stereocenters. The third kappa shape index (κ3) is 3.79. The Morgan fingerprint density at radius 1 is 1.11 bits per heavy atom. The Bertz CT molecular complexity index is 479. The van der Waals surface area contributed by atoms with Crippen molar-refractivity contribution in [2.45, 2.75) is 13.8 Å². The molecule has 0 aromatic heterocycles. The average molecular weight is 359 g/mol. The number of benzene rings is 1. The van der Waals surface area contributed by atoms with Gasteiger partial charge in [0, 0.05) is 6.54 Å². The zero-order chi connectivity index (χ0) is 14.7. The Kier molecular flexibility index (Phi) is 5.54. The van der Waals surface area contributed by atoms with Crippen molar-refractivity contribution in [2.75, 3.05) is 11.9 Å². The lowest BCUT2D eigenvalue weighted by atomic mass is 10.2. The highest BCUT2D eigenvalue weighted by Crippen LogP contribution is 2.31. The number of hydrogen-bond acceptors (Lipinski definition) is 1. The fourth-order valence-electron chi connectivity index (χ4n) is 1.17. The van der Waals surface area contributed by atoms with Crippen LogP contribution in [-0.2, 0) is 0 Å². The molecule has 0 aliphatic rings. The molecule has 0 aliphatic heterocycles. The minimum atomic E-state index is -1.54. The van der Waals surface area contributed by atoms with Crippen LogP contribution in [0.5, 0.6) is 0 Å². The molecule has 2 N–H and O–H groups in total. The van der Waals surface area contributed by atoms with Gasteiger partial charge < -0.3 is 10.6 Å². The number of nitrogens with one attached hydrogen (secondary N) is 2. The van der Waals surface area contributed by atoms with Gasteiger partial charge in [0.1, 0.15) is 5.69 Å². The van der Waals surface area contributed by atoms with E-state index in [9.17, 15) is 17.6 Å². The van der Waals surface area contributed by atoms with Crippen LogP contribution in [0, 0.1) is 29.2 Å². The van der Waals surface area contributed by atoms with Crippen molar-refractivity contribution in [2.24, 2.45) is 5.92 Å². The van der Waals surface area contributed by atoms with E-state index in [1.165, 1.54) is 0 Å². The average Bonchev–Trinajstić information content (AvgIpc) is 2.36. The molecule has 106 valence electrons. The summed E-state index contributed by atoms with van der Waals surface area (Å²) in [6.45, 7) is 4.25. The second-order valence-electron chi connectivity index (χ2n) is 4.17. The van der Waals surface area contributed by atoms with Gasteiger partial charge in [-0.05, 0) is 34.1 Å². The van der Waals surface area contributed by atoms with Crippen molar-refractivity contribution in [3.63, 3.8) is 0 Å². The molecular formula is C11H11BrF4N2S. The zero-order valence-corrected chi connectivity index (χ0v) is 12.5. The fourth-order valence-corrected chi connectivity index (χ4v) is 1.70. The molecule has 8 heteroatoms. The number of thiocarbonyl (C=S) groups is 1. The zero-order valence-electron chi connectivity index (χ0n) is 10.1. The second-order valence-corrected chi connectivity index (χ2v) is 5.38. The Balaban J connectivity index is 2.99. The lowest BCUT2D eigenvalue weighted by Crippen LogP contribution is -2.32. The molecule has 1 rings (SSSR count). The van der Waals surface area contributed by atoms with Gasteiger partial charge >= 0.3 is 0 Å².